The van der Waals surface area contributed by atoms with Gasteiger partial charge >= 0.3 is 6.09 Å². The lowest BCUT2D eigenvalue weighted by Gasteiger charge is -2.20. The van der Waals surface area contributed by atoms with Crippen LogP contribution in [0.5, 0.6) is 5.75 Å². The van der Waals surface area contributed by atoms with Crippen LogP contribution < -0.4 is 4.74 Å². The Kier molecular flexibility index (Phi) is 4.27. The first-order chi connectivity index (χ1) is 9.15. The molecule has 19 heavy (non-hydrogen) atoms. The molecule has 1 amide bonds. The number of aliphatic hydroxyl groups excluding tert-OH is 1. The smallest absolute Gasteiger partial charge is 0.410 e. The number of nitrogens with zero attached hydrogens (tertiary/aromatic N) is 1. The Bertz CT molecular complexity index is 432. The van der Waals surface area contributed by atoms with E-state index in [2.05, 4.69) is 0 Å². The number of hydrogen-bond donors (Lipinski definition) is 1. The average Bonchev–Trinajstić information content (AvgIpc) is 2.68. The molecule has 1 fully saturated rings. The van der Waals surface area contributed by atoms with Crippen LogP contribution in [0.15, 0.2) is 24.3 Å². The van der Waals surface area contributed by atoms with Crippen molar-refractivity contribution in [3.05, 3.63) is 29.8 Å². The summed E-state index contributed by atoms with van der Waals surface area (Å²) in [5.41, 5.74) is 1.02. The topological polar surface area (TPSA) is 59.0 Å². The number of ether oxygens (including phenoxy) is 2. The van der Waals surface area contributed by atoms with E-state index in [0.717, 1.165) is 11.3 Å². The maximum Gasteiger partial charge on any atom is 0.410 e. The monoisotopic (exact) mass is 265 g/mol. The van der Waals surface area contributed by atoms with Crippen LogP contribution in [0.1, 0.15) is 18.9 Å². The zero-order valence-electron chi connectivity index (χ0n) is 11.2. The minimum absolute atomic E-state index is 0.0262. The molecule has 2 rings (SSSR count). The molecule has 1 N–H and O–H groups in total. The van der Waals surface area contributed by atoms with Gasteiger partial charge in [0.05, 0.1) is 13.2 Å². The van der Waals surface area contributed by atoms with Crippen molar-refractivity contribution in [2.45, 2.75) is 32.0 Å². The van der Waals surface area contributed by atoms with Gasteiger partial charge in [-0.1, -0.05) is 12.1 Å². The van der Waals surface area contributed by atoms with E-state index in [0.29, 0.717) is 13.0 Å². The normalized spacial score (nSPS) is 22.5. The molecule has 0 spiro atoms. The Morgan fingerprint density at radius 2 is 2.05 bits per heavy atom. The van der Waals surface area contributed by atoms with Crippen molar-refractivity contribution in [3.8, 4) is 5.75 Å². The van der Waals surface area contributed by atoms with Gasteiger partial charge in [0, 0.05) is 19.6 Å². The summed E-state index contributed by atoms with van der Waals surface area (Å²) < 4.78 is 10.3. The van der Waals surface area contributed by atoms with E-state index in [1.54, 1.807) is 12.0 Å². The zero-order valence-corrected chi connectivity index (χ0v) is 11.2. The summed E-state index contributed by atoms with van der Waals surface area (Å²) in [6.07, 6.45) is -0.0658. The van der Waals surface area contributed by atoms with Gasteiger partial charge in [0.25, 0.3) is 0 Å². The lowest BCUT2D eigenvalue weighted by Crippen LogP contribution is -2.33. The molecule has 1 saturated heterocycles. The predicted molar refractivity (Wildman–Crippen MR) is 70.0 cm³/mol. The van der Waals surface area contributed by atoms with Gasteiger partial charge in [0.15, 0.2) is 0 Å². The number of carbonyl (C=O) groups excluding carboxylic acids is 1. The average molecular weight is 265 g/mol. The maximum atomic E-state index is 11.8. The number of amides is 1. The van der Waals surface area contributed by atoms with Crippen molar-refractivity contribution < 1.29 is 19.4 Å². The lowest BCUT2D eigenvalue weighted by atomic mass is 10.1. The number of aliphatic hydroxyl groups is 1. The van der Waals surface area contributed by atoms with Gasteiger partial charge in [-0.05, 0) is 24.6 Å². The molecule has 5 nitrogen and oxygen atoms in total. The van der Waals surface area contributed by atoms with Crippen LogP contribution in [-0.2, 0) is 11.3 Å². The van der Waals surface area contributed by atoms with Crippen molar-refractivity contribution in [2.24, 2.45) is 0 Å². The third kappa shape index (κ3) is 2.98. The summed E-state index contributed by atoms with van der Waals surface area (Å²) in [4.78, 5) is 13.5. The Labute approximate surface area is 112 Å². The minimum Gasteiger partial charge on any atom is -0.497 e. The van der Waals surface area contributed by atoms with Crippen LogP contribution in [-0.4, -0.2) is 42.0 Å². The first-order valence-electron chi connectivity index (χ1n) is 6.36. The first-order valence-corrected chi connectivity index (χ1v) is 6.36. The fourth-order valence-corrected chi connectivity index (χ4v) is 2.23. The zero-order chi connectivity index (χ0) is 13.8. The number of benzene rings is 1. The molecule has 2 atom stereocenters. The van der Waals surface area contributed by atoms with Crippen molar-refractivity contribution in [3.63, 3.8) is 0 Å². The molecule has 104 valence electrons. The standard InChI is InChI=1S/C14H19NO4/c1-10-13(7-8-16)19-14(17)15(10)9-11-3-5-12(18-2)6-4-11/h3-6,10,13,16H,7-9H2,1-2H3/t10-,13-/m0/s1. The van der Waals surface area contributed by atoms with Crippen molar-refractivity contribution in [2.75, 3.05) is 13.7 Å². The Morgan fingerprint density at radius 1 is 1.37 bits per heavy atom. The highest BCUT2D eigenvalue weighted by Crippen LogP contribution is 2.24. The highest BCUT2D eigenvalue weighted by Gasteiger charge is 2.37. The summed E-state index contributed by atoms with van der Waals surface area (Å²) in [7, 11) is 1.62. The Hall–Kier alpha value is -1.75. The number of methoxy groups -OCH3 is 1. The van der Waals surface area contributed by atoms with Crippen LogP contribution in [0.3, 0.4) is 0 Å². The van der Waals surface area contributed by atoms with Crippen LogP contribution >= 0.6 is 0 Å². The summed E-state index contributed by atoms with van der Waals surface area (Å²) >= 11 is 0. The van der Waals surface area contributed by atoms with Gasteiger partial charge < -0.3 is 14.6 Å². The second-order valence-electron chi connectivity index (χ2n) is 4.65. The maximum absolute atomic E-state index is 11.8. The van der Waals surface area contributed by atoms with Crippen molar-refractivity contribution >= 4 is 6.09 Å². The third-order valence-electron chi connectivity index (χ3n) is 3.44. The molecule has 0 aliphatic carbocycles. The van der Waals surface area contributed by atoms with E-state index in [1.807, 2.05) is 31.2 Å². The third-order valence-corrected chi connectivity index (χ3v) is 3.44. The van der Waals surface area contributed by atoms with Gasteiger partial charge in [-0.25, -0.2) is 4.79 Å². The van der Waals surface area contributed by atoms with Gasteiger partial charge in [-0.3, -0.25) is 4.90 Å². The molecule has 1 aromatic rings. The second-order valence-corrected chi connectivity index (χ2v) is 4.65. The molecule has 1 aromatic carbocycles. The van der Waals surface area contributed by atoms with E-state index in [1.165, 1.54) is 0 Å². The number of carbonyl (C=O) groups is 1. The van der Waals surface area contributed by atoms with Crippen LogP contribution in [0.25, 0.3) is 0 Å². The first kappa shape index (κ1) is 13.7. The van der Waals surface area contributed by atoms with E-state index in [-0.39, 0.29) is 24.8 Å². The van der Waals surface area contributed by atoms with Crippen molar-refractivity contribution in [1.29, 1.82) is 0 Å². The molecule has 0 unspecified atom stereocenters. The fourth-order valence-electron chi connectivity index (χ4n) is 2.23. The molecular formula is C14H19NO4. The number of rotatable bonds is 5. The Morgan fingerprint density at radius 3 is 2.63 bits per heavy atom. The molecule has 0 radical (unpaired) electrons. The second kappa shape index (κ2) is 5.93. The molecule has 5 heteroatoms. The van der Waals surface area contributed by atoms with E-state index >= 15 is 0 Å². The lowest BCUT2D eigenvalue weighted by molar-refractivity contribution is 0.111. The minimum atomic E-state index is -0.318. The molecule has 0 saturated carbocycles. The van der Waals surface area contributed by atoms with Crippen molar-refractivity contribution in [1.82, 2.24) is 4.90 Å². The molecule has 1 aliphatic rings. The fraction of sp³-hybridized carbons (Fsp3) is 0.500. The van der Waals surface area contributed by atoms with Gasteiger partial charge in [-0.2, -0.15) is 0 Å². The number of hydrogen-bond acceptors (Lipinski definition) is 4. The van der Waals surface area contributed by atoms with Gasteiger partial charge in [-0.15, -0.1) is 0 Å². The summed E-state index contributed by atoms with van der Waals surface area (Å²) in [5.74, 6) is 0.791. The van der Waals surface area contributed by atoms with Crippen LogP contribution in [0.2, 0.25) is 0 Å². The summed E-state index contributed by atoms with van der Waals surface area (Å²) in [5, 5.41) is 8.94. The SMILES string of the molecule is COc1ccc(CN2C(=O)O[C@@H](CCO)[C@@H]2C)cc1. The number of cyclic esters (lactones) is 1. The molecule has 1 aliphatic heterocycles. The Balaban J connectivity index is 2.03. The quantitative estimate of drug-likeness (QED) is 0.881. The molecule has 0 aromatic heterocycles. The summed E-state index contributed by atoms with van der Waals surface area (Å²) in [6, 6.07) is 7.57. The highest BCUT2D eigenvalue weighted by atomic mass is 16.6. The predicted octanol–water partition coefficient (Wildman–Crippen LogP) is 1.79. The highest BCUT2D eigenvalue weighted by molar-refractivity contribution is 5.70. The van der Waals surface area contributed by atoms with E-state index < -0.39 is 0 Å². The largest absolute Gasteiger partial charge is 0.497 e. The molecular weight excluding hydrogens is 246 g/mol. The van der Waals surface area contributed by atoms with Gasteiger partial charge in [0.2, 0.25) is 0 Å². The van der Waals surface area contributed by atoms with E-state index in [4.69, 9.17) is 14.6 Å². The molecule has 0 bridgehead atoms. The van der Waals surface area contributed by atoms with E-state index in [9.17, 15) is 4.79 Å². The molecule has 1 heterocycles. The van der Waals surface area contributed by atoms with Crippen LogP contribution in [0, 0.1) is 0 Å². The van der Waals surface area contributed by atoms with Crippen LogP contribution in [0.4, 0.5) is 4.79 Å². The van der Waals surface area contributed by atoms with Gasteiger partial charge in [0.1, 0.15) is 11.9 Å². The summed E-state index contributed by atoms with van der Waals surface area (Å²) in [6.45, 7) is 2.47.